The fourth-order valence-electron chi connectivity index (χ4n) is 3.96. The average molecular weight is 456 g/mol. The first kappa shape index (κ1) is 23.7. The van der Waals surface area contributed by atoms with E-state index in [2.05, 4.69) is 14.5 Å². The molecule has 1 fully saturated rings. The van der Waals surface area contributed by atoms with Crippen LogP contribution in [0.5, 0.6) is 0 Å². The van der Waals surface area contributed by atoms with Gasteiger partial charge in [0.2, 0.25) is 5.91 Å². The number of carbonyl (C=O) groups is 2. The van der Waals surface area contributed by atoms with E-state index in [1.807, 2.05) is 23.4 Å². The number of aromatic nitrogens is 2. The van der Waals surface area contributed by atoms with Gasteiger partial charge in [-0.2, -0.15) is 13.2 Å². The van der Waals surface area contributed by atoms with Gasteiger partial charge < -0.3 is 14.6 Å². The molecule has 174 valence electrons. The lowest BCUT2D eigenvalue weighted by Crippen LogP contribution is -2.37. The molecule has 2 aliphatic rings. The summed E-state index contributed by atoms with van der Waals surface area (Å²) >= 11 is 0. The number of rotatable bonds is 4. The van der Waals surface area contributed by atoms with Crippen LogP contribution in [0, 0.1) is 11.7 Å². The van der Waals surface area contributed by atoms with Crippen molar-refractivity contribution < 1.29 is 32.3 Å². The largest absolute Gasteiger partial charge is 0.490 e. The smallest absolute Gasteiger partial charge is 0.475 e. The summed E-state index contributed by atoms with van der Waals surface area (Å²) in [5, 5.41) is 7.12. The zero-order chi connectivity index (χ0) is 23.3. The molecule has 32 heavy (non-hydrogen) atoms. The summed E-state index contributed by atoms with van der Waals surface area (Å²) in [5.74, 6) is -1.30. The van der Waals surface area contributed by atoms with E-state index in [1.54, 1.807) is 12.1 Å². The summed E-state index contributed by atoms with van der Waals surface area (Å²) in [4.78, 5) is 29.7. The van der Waals surface area contributed by atoms with Crippen molar-refractivity contribution in [3.05, 3.63) is 53.9 Å². The normalized spacial score (nSPS) is 19.2. The van der Waals surface area contributed by atoms with Crippen molar-refractivity contribution >= 4 is 11.9 Å². The van der Waals surface area contributed by atoms with E-state index in [0.29, 0.717) is 18.9 Å². The molecule has 2 aromatic rings. The standard InChI is InChI=1S/C19H23FN4O.C2HF3O2/c20-17-4-1-3-15(9-17)10-22-11-16(13-24-7-2-5-19(24)25)12-23-8-6-21-18(23)14-22;3-2(4,5)1(6)7/h1,3-4,6,8-9,16H,2,5,7,10-14H2;(H,6,7). The van der Waals surface area contributed by atoms with E-state index in [-0.39, 0.29) is 11.7 Å². The van der Waals surface area contributed by atoms with Crippen LogP contribution < -0.4 is 0 Å². The predicted octanol–water partition coefficient (Wildman–Crippen LogP) is 2.91. The molecule has 3 heterocycles. The molecular formula is C21H24F4N4O3. The third-order valence-electron chi connectivity index (χ3n) is 5.33. The molecule has 0 saturated carbocycles. The highest BCUT2D eigenvalue weighted by Crippen LogP contribution is 2.21. The topological polar surface area (TPSA) is 78.7 Å². The third kappa shape index (κ3) is 6.52. The highest BCUT2D eigenvalue weighted by molar-refractivity contribution is 5.78. The Balaban J connectivity index is 0.000000360. The third-order valence-corrected chi connectivity index (χ3v) is 5.33. The van der Waals surface area contributed by atoms with Crippen LogP contribution in [0.4, 0.5) is 17.6 Å². The van der Waals surface area contributed by atoms with Crippen LogP contribution in [0.3, 0.4) is 0 Å². The SMILES string of the molecule is O=C(O)C(F)(F)F.O=C1CCCN1CC1CN(Cc2cccc(F)c2)Cc2nccn2C1. The molecule has 4 rings (SSSR count). The molecule has 0 radical (unpaired) electrons. The minimum atomic E-state index is -5.08. The second-order valence-electron chi connectivity index (χ2n) is 7.91. The number of amides is 1. The number of hydrogen-bond donors (Lipinski definition) is 1. The van der Waals surface area contributed by atoms with Gasteiger partial charge in [0.05, 0.1) is 6.54 Å². The number of carboxylic acid groups (broad SMARTS) is 1. The molecule has 1 unspecified atom stereocenters. The molecule has 1 aromatic carbocycles. The molecule has 2 aliphatic heterocycles. The lowest BCUT2D eigenvalue weighted by atomic mass is 10.1. The van der Waals surface area contributed by atoms with Gasteiger partial charge in [-0.05, 0) is 24.1 Å². The maximum absolute atomic E-state index is 13.5. The van der Waals surface area contributed by atoms with E-state index in [9.17, 15) is 22.4 Å². The summed E-state index contributed by atoms with van der Waals surface area (Å²) < 4.78 is 47.4. The summed E-state index contributed by atoms with van der Waals surface area (Å²) in [6.45, 7) is 4.84. The van der Waals surface area contributed by atoms with Crippen molar-refractivity contribution in [1.29, 1.82) is 0 Å². The van der Waals surface area contributed by atoms with Gasteiger partial charge in [0, 0.05) is 57.5 Å². The molecule has 1 aromatic heterocycles. The quantitative estimate of drug-likeness (QED) is 0.716. The number of aliphatic carboxylic acids is 1. The zero-order valence-corrected chi connectivity index (χ0v) is 17.3. The van der Waals surface area contributed by atoms with E-state index in [1.165, 1.54) is 6.07 Å². The molecule has 1 saturated heterocycles. The number of fused-ring (bicyclic) bond motifs is 1. The number of nitrogens with zero attached hydrogens (tertiary/aromatic N) is 4. The first-order valence-corrected chi connectivity index (χ1v) is 10.2. The second kappa shape index (κ2) is 10.1. The minimum Gasteiger partial charge on any atom is -0.475 e. The molecule has 1 atom stereocenters. The number of likely N-dealkylation sites (tertiary alicyclic amines) is 1. The summed E-state index contributed by atoms with van der Waals surface area (Å²) in [6.07, 6.45) is 0.407. The second-order valence-corrected chi connectivity index (χ2v) is 7.91. The van der Waals surface area contributed by atoms with Gasteiger partial charge in [0.25, 0.3) is 0 Å². The van der Waals surface area contributed by atoms with Crippen molar-refractivity contribution in [3.63, 3.8) is 0 Å². The van der Waals surface area contributed by atoms with Gasteiger partial charge >= 0.3 is 12.1 Å². The molecule has 0 aliphatic carbocycles. The monoisotopic (exact) mass is 456 g/mol. The number of carboxylic acids is 1. The summed E-state index contributed by atoms with van der Waals surface area (Å²) in [6, 6.07) is 6.78. The number of hydrogen-bond acceptors (Lipinski definition) is 4. The van der Waals surface area contributed by atoms with Gasteiger partial charge in [0.1, 0.15) is 11.6 Å². The Bertz CT molecular complexity index is 947. The Morgan fingerprint density at radius 1 is 1.25 bits per heavy atom. The average Bonchev–Trinajstić information content (AvgIpc) is 3.26. The highest BCUT2D eigenvalue weighted by Gasteiger charge is 2.38. The first-order chi connectivity index (χ1) is 15.1. The van der Waals surface area contributed by atoms with Crippen molar-refractivity contribution in [2.45, 2.75) is 38.7 Å². The number of alkyl halides is 3. The summed E-state index contributed by atoms with van der Waals surface area (Å²) in [7, 11) is 0. The number of imidazole rings is 1. The molecule has 0 spiro atoms. The van der Waals surface area contributed by atoms with E-state index >= 15 is 0 Å². The molecule has 1 N–H and O–H groups in total. The Kier molecular flexibility index (Phi) is 7.49. The Labute approximate surface area is 182 Å². The molecule has 7 nitrogen and oxygen atoms in total. The minimum absolute atomic E-state index is 0.201. The molecule has 11 heteroatoms. The van der Waals surface area contributed by atoms with Crippen molar-refractivity contribution in [1.82, 2.24) is 19.4 Å². The van der Waals surface area contributed by atoms with Crippen molar-refractivity contribution in [3.8, 4) is 0 Å². The van der Waals surface area contributed by atoms with Crippen LogP contribution in [0.25, 0.3) is 0 Å². The van der Waals surface area contributed by atoms with Crippen LogP contribution in [-0.2, 0) is 29.2 Å². The van der Waals surface area contributed by atoms with Gasteiger partial charge in [-0.3, -0.25) is 9.69 Å². The van der Waals surface area contributed by atoms with E-state index < -0.39 is 12.1 Å². The summed E-state index contributed by atoms with van der Waals surface area (Å²) in [5.41, 5.74) is 0.969. The number of halogens is 4. The maximum atomic E-state index is 13.5. The van der Waals surface area contributed by atoms with Gasteiger partial charge in [0.15, 0.2) is 0 Å². The van der Waals surface area contributed by atoms with E-state index in [4.69, 9.17) is 9.90 Å². The highest BCUT2D eigenvalue weighted by atomic mass is 19.4. The van der Waals surface area contributed by atoms with Gasteiger partial charge in [-0.1, -0.05) is 12.1 Å². The van der Waals surface area contributed by atoms with Crippen molar-refractivity contribution in [2.24, 2.45) is 5.92 Å². The molecule has 0 bridgehead atoms. The number of benzene rings is 1. The maximum Gasteiger partial charge on any atom is 0.490 e. The fraction of sp³-hybridized carbons (Fsp3) is 0.476. The Morgan fingerprint density at radius 2 is 2.00 bits per heavy atom. The Hall–Kier alpha value is -2.95. The van der Waals surface area contributed by atoms with Crippen LogP contribution in [0.1, 0.15) is 24.2 Å². The fourth-order valence-corrected chi connectivity index (χ4v) is 3.96. The molecular weight excluding hydrogens is 432 g/mol. The molecule has 1 amide bonds. The first-order valence-electron chi connectivity index (χ1n) is 10.2. The van der Waals surface area contributed by atoms with Gasteiger partial charge in [-0.25, -0.2) is 14.2 Å². The van der Waals surface area contributed by atoms with Crippen LogP contribution in [-0.4, -0.2) is 62.1 Å². The Morgan fingerprint density at radius 3 is 2.62 bits per heavy atom. The van der Waals surface area contributed by atoms with Crippen LogP contribution >= 0.6 is 0 Å². The number of carbonyl (C=O) groups excluding carboxylic acids is 1. The predicted molar refractivity (Wildman–Crippen MR) is 106 cm³/mol. The zero-order valence-electron chi connectivity index (χ0n) is 17.3. The van der Waals surface area contributed by atoms with Crippen LogP contribution in [0.15, 0.2) is 36.7 Å². The lowest BCUT2D eigenvalue weighted by Gasteiger charge is -2.27. The lowest BCUT2D eigenvalue weighted by molar-refractivity contribution is -0.192. The van der Waals surface area contributed by atoms with Crippen molar-refractivity contribution in [2.75, 3.05) is 19.6 Å². The van der Waals surface area contributed by atoms with Crippen LogP contribution in [0.2, 0.25) is 0 Å². The van der Waals surface area contributed by atoms with E-state index in [0.717, 1.165) is 50.5 Å². The van der Waals surface area contributed by atoms with Gasteiger partial charge in [-0.15, -0.1) is 0 Å².